The number of aliphatic hydroxyl groups is 1. The van der Waals surface area contributed by atoms with Crippen LogP contribution >= 0.6 is 15.9 Å². The van der Waals surface area contributed by atoms with Crippen molar-refractivity contribution in [2.75, 3.05) is 0 Å². The summed E-state index contributed by atoms with van der Waals surface area (Å²) in [5.41, 5.74) is 1.85. The minimum Gasteiger partial charge on any atom is -0.485 e. The van der Waals surface area contributed by atoms with Crippen LogP contribution in [0.4, 0.5) is 0 Å². The highest BCUT2D eigenvalue weighted by Crippen LogP contribution is 2.41. The van der Waals surface area contributed by atoms with Crippen LogP contribution in [-0.4, -0.2) is 14.9 Å². The summed E-state index contributed by atoms with van der Waals surface area (Å²) in [5, 5.41) is 14.6. The van der Waals surface area contributed by atoms with E-state index in [1.54, 1.807) is 0 Å². The third-order valence-electron chi connectivity index (χ3n) is 3.56. The SMILES string of the molecule is CC(C)n1cc(C2C[C@@H](O)c3ccc(Br)cc3O2)cn1. The third-order valence-corrected chi connectivity index (χ3v) is 4.06. The van der Waals surface area contributed by atoms with Gasteiger partial charge in [-0.3, -0.25) is 4.68 Å². The summed E-state index contributed by atoms with van der Waals surface area (Å²) in [4.78, 5) is 0. The van der Waals surface area contributed by atoms with E-state index < -0.39 is 6.10 Å². The molecule has 20 heavy (non-hydrogen) atoms. The van der Waals surface area contributed by atoms with E-state index in [1.165, 1.54) is 0 Å². The molecule has 4 nitrogen and oxygen atoms in total. The van der Waals surface area contributed by atoms with Crippen LogP contribution in [0.3, 0.4) is 0 Å². The van der Waals surface area contributed by atoms with Crippen molar-refractivity contribution in [2.24, 2.45) is 0 Å². The predicted octanol–water partition coefficient (Wildman–Crippen LogP) is 3.78. The fourth-order valence-corrected chi connectivity index (χ4v) is 2.76. The summed E-state index contributed by atoms with van der Waals surface area (Å²) in [5.74, 6) is 0.737. The van der Waals surface area contributed by atoms with Gasteiger partial charge in [0, 0.05) is 34.3 Å². The van der Waals surface area contributed by atoms with Gasteiger partial charge in [-0.25, -0.2) is 0 Å². The van der Waals surface area contributed by atoms with Gasteiger partial charge in [-0.1, -0.05) is 22.0 Å². The van der Waals surface area contributed by atoms with Gasteiger partial charge >= 0.3 is 0 Å². The van der Waals surface area contributed by atoms with Crippen molar-refractivity contribution in [3.63, 3.8) is 0 Å². The zero-order valence-electron chi connectivity index (χ0n) is 11.5. The van der Waals surface area contributed by atoms with E-state index in [0.29, 0.717) is 12.5 Å². The molecule has 1 aromatic carbocycles. The number of hydrogen-bond donors (Lipinski definition) is 1. The van der Waals surface area contributed by atoms with Crippen LogP contribution < -0.4 is 4.74 Å². The first-order valence-electron chi connectivity index (χ1n) is 6.73. The number of rotatable bonds is 2. The Bertz CT molecular complexity index is 624. The zero-order chi connectivity index (χ0) is 14.3. The summed E-state index contributed by atoms with van der Waals surface area (Å²) in [7, 11) is 0. The number of aliphatic hydroxyl groups excluding tert-OH is 1. The van der Waals surface area contributed by atoms with Crippen LogP contribution in [0, 0.1) is 0 Å². The summed E-state index contributed by atoms with van der Waals surface area (Å²) in [6.45, 7) is 4.17. The van der Waals surface area contributed by atoms with Crippen LogP contribution in [0.25, 0.3) is 0 Å². The van der Waals surface area contributed by atoms with Crippen LogP contribution in [0.15, 0.2) is 35.1 Å². The highest BCUT2D eigenvalue weighted by atomic mass is 79.9. The van der Waals surface area contributed by atoms with Gasteiger partial charge in [-0.2, -0.15) is 5.10 Å². The van der Waals surface area contributed by atoms with E-state index in [4.69, 9.17) is 4.74 Å². The van der Waals surface area contributed by atoms with Crippen molar-refractivity contribution in [1.82, 2.24) is 9.78 Å². The maximum Gasteiger partial charge on any atom is 0.130 e. The number of fused-ring (bicyclic) bond motifs is 1. The molecule has 1 aliphatic rings. The molecule has 0 saturated heterocycles. The maximum atomic E-state index is 10.3. The van der Waals surface area contributed by atoms with Crippen molar-refractivity contribution in [3.05, 3.63) is 46.2 Å². The molecule has 1 unspecified atom stereocenters. The van der Waals surface area contributed by atoms with Gasteiger partial charge in [0.15, 0.2) is 0 Å². The molecule has 2 heterocycles. The Labute approximate surface area is 126 Å². The number of aromatic nitrogens is 2. The summed E-state index contributed by atoms with van der Waals surface area (Å²) in [6.07, 6.45) is 3.71. The molecule has 0 radical (unpaired) electrons. The van der Waals surface area contributed by atoms with Gasteiger partial charge in [0.2, 0.25) is 0 Å². The first-order valence-corrected chi connectivity index (χ1v) is 7.52. The molecule has 0 spiro atoms. The molecule has 2 aromatic rings. The van der Waals surface area contributed by atoms with E-state index in [0.717, 1.165) is 21.3 Å². The first-order chi connectivity index (χ1) is 9.54. The lowest BCUT2D eigenvalue weighted by molar-refractivity contribution is 0.0656. The Kier molecular flexibility index (Phi) is 3.56. The van der Waals surface area contributed by atoms with Crippen LogP contribution in [0.2, 0.25) is 0 Å². The first kappa shape index (κ1) is 13.6. The molecule has 0 aliphatic carbocycles. The highest BCUT2D eigenvalue weighted by Gasteiger charge is 2.29. The molecule has 0 bridgehead atoms. The van der Waals surface area contributed by atoms with Crippen molar-refractivity contribution in [2.45, 2.75) is 38.5 Å². The second-order valence-electron chi connectivity index (χ2n) is 5.39. The van der Waals surface area contributed by atoms with Crippen LogP contribution in [-0.2, 0) is 0 Å². The predicted molar refractivity (Wildman–Crippen MR) is 79.7 cm³/mol. The molecule has 1 N–H and O–H groups in total. The molecular weight excluding hydrogens is 320 g/mol. The molecule has 106 valence electrons. The summed E-state index contributed by atoms with van der Waals surface area (Å²) >= 11 is 3.43. The lowest BCUT2D eigenvalue weighted by Gasteiger charge is -2.29. The van der Waals surface area contributed by atoms with Gasteiger partial charge < -0.3 is 9.84 Å². The van der Waals surface area contributed by atoms with Crippen molar-refractivity contribution >= 4 is 15.9 Å². The van der Waals surface area contributed by atoms with Crippen molar-refractivity contribution in [3.8, 4) is 5.75 Å². The van der Waals surface area contributed by atoms with Gasteiger partial charge in [-0.05, 0) is 26.0 Å². The summed E-state index contributed by atoms with van der Waals surface area (Å²) in [6, 6.07) is 6.04. The topological polar surface area (TPSA) is 47.3 Å². The Morgan fingerprint density at radius 1 is 1.45 bits per heavy atom. The lowest BCUT2D eigenvalue weighted by Crippen LogP contribution is -2.18. The Balaban J connectivity index is 1.90. The van der Waals surface area contributed by atoms with E-state index in [1.807, 2.05) is 35.3 Å². The molecule has 0 saturated carbocycles. The second-order valence-corrected chi connectivity index (χ2v) is 6.30. The number of ether oxygens (including phenoxy) is 1. The smallest absolute Gasteiger partial charge is 0.130 e. The average molecular weight is 337 g/mol. The van der Waals surface area contributed by atoms with Crippen molar-refractivity contribution in [1.29, 1.82) is 0 Å². The van der Waals surface area contributed by atoms with E-state index >= 15 is 0 Å². The Morgan fingerprint density at radius 3 is 2.95 bits per heavy atom. The number of benzene rings is 1. The van der Waals surface area contributed by atoms with Gasteiger partial charge in [0.1, 0.15) is 11.9 Å². The molecule has 5 heteroatoms. The Morgan fingerprint density at radius 2 is 2.25 bits per heavy atom. The standard InChI is InChI=1S/C15H17BrN2O2/c1-9(2)18-8-10(7-17-18)14-6-13(19)12-4-3-11(16)5-15(12)20-14/h3-5,7-9,13-14,19H,6H2,1-2H3/t13-,14?/m1/s1. The van der Waals surface area contributed by atoms with Crippen LogP contribution in [0.1, 0.15) is 49.6 Å². The highest BCUT2D eigenvalue weighted by molar-refractivity contribution is 9.10. The normalized spacial score (nSPS) is 21.6. The molecule has 1 aliphatic heterocycles. The number of hydrogen-bond acceptors (Lipinski definition) is 3. The minimum absolute atomic E-state index is 0.153. The average Bonchev–Trinajstić information content (AvgIpc) is 2.87. The monoisotopic (exact) mass is 336 g/mol. The molecule has 0 amide bonds. The fraction of sp³-hybridized carbons (Fsp3) is 0.400. The molecule has 0 fully saturated rings. The van der Waals surface area contributed by atoms with Crippen LogP contribution in [0.5, 0.6) is 5.75 Å². The zero-order valence-corrected chi connectivity index (χ0v) is 13.0. The summed E-state index contributed by atoms with van der Waals surface area (Å²) < 4.78 is 8.87. The van der Waals surface area contributed by atoms with E-state index in [-0.39, 0.29) is 6.10 Å². The maximum absolute atomic E-state index is 10.3. The lowest BCUT2D eigenvalue weighted by atomic mass is 9.96. The van der Waals surface area contributed by atoms with E-state index in [2.05, 4.69) is 34.9 Å². The van der Waals surface area contributed by atoms with Gasteiger partial charge in [-0.15, -0.1) is 0 Å². The third kappa shape index (κ3) is 2.47. The molecule has 3 rings (SSSR count). The quantitative estimate of drug-likeness (QED) is 0.907. The van der Waals surface area contributed by atoms with E-state index in [9.17, 15) is 5.11 Å². The second kappa shape index (κ2) is 5.22. The number of nitrogens with zero attached hydrogens (tertiary/aromatic N) is 2. The van der Waals surface area contributed by atoms with Gasteiger partial charge in [0.05, 0.1) is 12.3 Å². The minimum atomic E-state index is -0.501. The largest absolute Gasteiger partial charge is 0.485 e. The van der Waals surface area contributed by atoms with Gasteiger partial charge in [0.25, 0.3) is 0 Å². The molecule has 1 aromatic heterocycles. The molecule has 2 atom stereocenters. The number of halogens is 1. The van der Waals surface area contributed by atoms with Crippen molar-refractivity contribution < 1.29 is 9.84 Å². The molecular formula is C15H17BrN2O2. The fourth-order valence-electron chi connectivity index (χ4n) is 2.42. The Hall–Kier alpha value is -1.33.